The van der Waals surface area contributed by atoms with E-state index in [4.69, 9.17) is 0 Å². The Balaban J connectivity index is 1.93. The second-order valence-corrected chi connectivity index (χ2v) is 7.71. The highest BCUT2D eigenvalue weighted by molar-refractivity contribution is 7.16. The van der Waals surface area contributed by atoms with E-state index < -0.39 is 11.5 Å². The first-order chi connectivity index (χ1) is 11.9. The molecule has 0 atom stereocenters. The zero-order valence-corrected chi connectivity index (χ0v) is 15.7. The zero-order valence-electron chi connectivity index (χ0n) is 14.9. The first-order valence-corrected chi connectivity index (χ1v) is 9.69. The summed E-state index contributed by atoms with van der Waals surface area (Å²) < 4.78 is 1.59. The van der Waals surface area contributed by atoms with Crippen LogP contribution in [0, 0.1) is 0 Å². The van der Waals surface area contributed by atoms with E-state index in [9.17, 15) is 14.7 Å². The second kappa shape index (κ2) is 7.17. The Hall–Kier alpha value is -1.86. The van der Waals surface area contributed by atoms with Gasteiger partial charge in [0.1, 0.15) is 16.1 Å². The third kappa shape index (κ3) is 3.30. The molecule has 0 unspecified atom stereocenters. The van der Waals surface area contributed by atoms with Gasteiger partial charge in [-0.15, -0.1) is 11.3 Å². The monoisotopic (exact) mass is 363 g/mol. The number of rotatable bonds is 4. The van der Waals surface area contributed by atoms with Gasteiger partial charge in [-0.05, 0) is 44.7 Å². The average molecular weight is 363 g/mol. The van der Waals surface area contributed by atoms with Gasteiger partial charge < -0.3 is 15.3 Å². The third-order valence-electron chi connectivity index (χ3n) is 4.90. The lowest BCUT2D eigenvalue weighted by atomic mass is 10.0. The van der Waals surface area contributed by atoms with Crippen LogP contribution in [0.25, 0.3) is 10.2 Å². The molecule has 7 heteroatoms. The minimum atomic E-state index is -0.472. The van der Waals surface area contributed by atoms with Crippen molar-refractivity contribution in [3.8, 4) is 5.75 Å². The van der Waals surface area contributed by atoms with E-state index in [0.717, 1.165) is 32.5 Å². The molecule has 3 rings (SSSR count). The number of carbonyl (C=O) groups excluding carboxylic acids is 1. The van der Waals surface area contributed by atoms with Crippen LogP contribution in [0.5, 0.6) is 5.75 Å². The molecule has 25 heavy (non-hydrogen) atoms. The maximum absolute atomic E-state index is 12.9. The Morgan fingerprint density at radius 3 is 2.68 bits per heavy atom. The van der Waals surface area contributed by atoms with E-state index in [0.29, 0.717) is 10.2 Å². The lowest BCUT2D eigenvalue weighted by Gasteiger charge is -2.31. The first-order valence-electron chi connectivity index (χ1n) is 8.81. The summed E-state index contributed by atoms with van der Waals surface area (Å²) in [6.07, 6.45) is 1.72. The van der Waals surface area contributed by atoms with Crippen molar-refractivity contribution in [1.29, 1.82) is 0 Å². The van der Waals surface area contributed by atoms with Crippen molar-refractivity contribution in [3.63, 3.8) is 0 Å². The van der Waals surface area contributed by atoms with Crippen LogP contribution in [0.3, 0.4) is 0 Å². The van der Waals surface area contributed by atoms with Crippen LogP contribution in [0.4, 0.5) is 0 Å². The molecular weight excluding hydrogens is 338 g/mol. The Morgan fingerprint density at radius 2 is 2.08 bits per heavy atom. The quantitative estimate of drug-likeness (QED) is 0.875. The van der Waals surface area contributed by atoms with Gasteiger partial charge in [0, 0.05) is 25.2 Å². The number of piperidine rings is 1. The van der Waals surface area contributed by atoms with Crippen LogP contribution in [0.1, 0.15) is 50.0 Å². The molecule has 0 radical (unpaired) electrons. The van der Waals surface area contributed by atoms with Crippen LogP contribution in [0.2, 0.25) is 0 Å². The van der Waals surface area contributed by atoms with Crippen molar-refractivity contribution in [1.82, 2.24) is 14.8 Å². The van der Waals surface area contributed by atoms with E-state index >= 15 is 0 Å². The van der Waals surface area contributed by atoms with Crippen molar-refractivity contribution in [2.75, 3.05) is 19.6 Å². The van der Waals surface area contributed by atoms with E-state index in [2.05, 4.69) is 17.1 Å². The summed E-state index contributed by atoms with van der Waals surface area (Å²) in [5.41, 5.74) is -0.566. The number of hydrogen-bond acceptors (Lipinski definition) is 5. The number of carbonyl (C=O) groups is 1. The number of pyridine rings is 1. The van der Waals surface area contributed by atoms with E-state index in [1.165, 1.54) is 11.3 Å². The molecule has 6 nitrogen and oxygen atoms in total. The summed E-state index contributed by atoms with van der Waals surface area (Å²) in [5, 5.41) is 15.9. The maximum atomic E-state index is 12.9. The van der Waals surface area contributed by atoms with Gasteiger partial charge in [-0.1, -0.05) is 6.92 Å². The minimum Gasteiger partial charge on any atom is -0.506 e. The molecule has 2 aromatic heterocycles. The van der Waals surface area contributed by atoms with Crippen LogP contribution in [-0.2, 0) is 0 Å². The van der Waals surface area contributed by atoms with Crippen LogP contribution in [-0.4, -0.2) is 46.2 Å². The molecule has 0 bridgehead atoms. The predicted octanol–water partition coefficient (Wildman–Crippen LogP) is 2.56. The second-order valence-electron chi connectivity index (χ2n) is 6.81. The van der Waals surface area contributed by atoms with E-state index in [1.807, 2.05) is 19.2 Å². The summed E-state index contributed by atoms with van der Waals surface area (Å²) in [5.74, 6) is -0.679. The first kappa shape index (κ1) is 17.9. The number of hydrogen-bond donors (Lipinski definition) is 2. The summed E-state index contributed by atoms with van der Waals surface area (Å²) in [7, 11) is 0. The molecule has 1 aliphatic heterocycles. The zero-order chi connectivity index (χ0) is 18.1. The molecule has 3 heterocycles. The maximum Gasteiger partial charge on any atom is 0.268 e. The fraction of sp³-hybridized carbons (Fsp3) is 0.556. The van der Waals surface area contributed by atoms with Crippen LogP contribution in [0.15, 0.2) is 16.2 Å². The van der Waals surface area contributed by atoms with Crippen molar-refractivity contribution < 1.29 is 9.90 Å². The van der Waals surface area contributed by atoms with Crippen LogP contribution < -0.4 is 10.9 Å². The van der Waals surface area contributed by atoms with E-state index in [1.54, 1.807) is 10.6 Å². The third-order valence-corrected chi connectivity index (χ3v) is 5.81. The largest absolute Gasteiger partial charge is 0.506 e. The molecule has 0 aromatic carbocycles. The lowest BCUT2D eigenvalue weighted by molar-refractivity contribution is 0.0908. The Kier molecular flexibility index (Phi) is 5.15. The summed E-state index contributed by atoms with van der Waals surface area (Å²) in [4.78, 5) is 28.7. The van der Waals surface area contributed by atoms with Crippen molar-refractivity contribution in [3.05, 3.63) is 27.4 Å². The number of fused-ring (bicyclic) bond motifs is 1. The number of likely N-dealkylation sites (tertiary alicyclic amines) is 1. The number of nitrogens with one attached hydrogen (secondary N) is 1. The highest BCUT2D eigenvalue weighted by Gasteiger charge is 2.27. The molecule has 2 N–H and O–H groups in total. The van der Waals surface area contributed by atoms with Gasteiger partial charge in [-0.3, -0.25) is 14.2 Å². The number of amides is 1. The molecule has 0 saturated carbocycles. The van der Waals surface area contributed by atoms with Crippen molar-refractivity contribution >= 4 is 27.5 Å². The molecule has 1 saturated heterocycles. The molecule has 1 aliphatic rings. The minimum absolute atomic E-state index is 0.0415. The van der Waals surface area contributed by atoms with Gasteiger partial charge in [0.25, 0.3) is 11.5 Å². The Morgan fingerprint density at radius 1 is 1.40 bits per heavy atom. The molecular formula is C18H25N3O3S. The van der Waals surface area contributed by atoms with Gasteiger partial charge >= 0.3 is 0 Å². The number of aromatic hydroxyl groups is 1. The molecule has 2 aromatic rings. The van der Waals surface area contributed by atoms with Crippen LogP contribution >= 0.6 is 11.3 Å². The smallest absolute Gasteiger partial charge is 0.268 e. The summed E-state index contributed by atoms with van der Waals surface area (Å²) in [6.45, 7) is 8.82. The van der Waals surface area contributed by atoms with Crippen molar-refractivity contribution in [2.24, 2.45) is 0 Å². The van der Waals surface area contributed by atoms with E-state index in [-0.39, 0.29) is 23.4 Å². The molecule has 0 aliphatic carbocycles. The Bertz CT molecular complexity index is 832. The molecule has 1 fully saturated rings. The number of aromatic nitrogens is 1. The SMILES string of the molecule is CCN1CCC(NC(=O)c2c(O)c3ccsc3n(C(C)C)c2=O)CC1. The fourth-order valence-corrected chi connectivity index (χ4v) is 4.47. The number of thiophene rings is 1. The molecule has 136 valence electrons. The lowest BCUT2D eigenvalue weighted by Crippen LogP contribution is -2.45. The van der Waals surface area contributed by atoms with Gasteiger partial charge in [-0.25, -0.2) is 0 Å². The molecule has 0 spiro atoms. The number of nitrogens with zero attached hydrogens (tertiary/aromatic N) is 2. The predicted molar refractivity (Wildman–Crippen MR) is 101 cm³/mol. The topological polar surface area (TPSA) is 74.6 Å². The summed E-state index contributed by atoms with van der Waals surface area (Å²) >= 11 is 1.40. The van der Waals surface area contributed by atoms with Gasteiger partial charge in [0.2, 0.25) is 0 Å². The van der Waals surface area contributed by atoms with Gasteiger partial charge in [0.05, 0.1) is 5.39 Å². The molecule has 1 amide bonds. The van der Waals surface area contributed by atoms with Gasteiger partial charge in [0.15, 0.2) is 0 Å². The average Bonchev–Trinajstić information content (AvgIpc) is 3.04. The van der Waals surface area contributed by atoms with Gasteiger partial charge in [-0.2, -0.15) is 0 Å². The highest BCUT2D eigenvalue weighted by atomic mass is 32.1. The highest BCUT2D eigenvalue weighted by Crippen LogP contribution is 2.31. The normalized spacial score (nSPS) is 16.6. The van der Waals surface area contributed by atoms with Crippen molar-refractivity contribution in [2.45, 2.75) is 45.7 Å². The fourth-order valence-electron chi connectivity index (χ4n) is 3.44. The standard InChI is InChI=1S/C18H25N3O3S/c1-4-20-8-5-12(6-9-20)19-16(23)14-15(22)13-7-10-25-18(13)21(11(2)3)17(14)24/h7,10-12,22H,4-6,8-9H2,1-3H3,(H,19,23). The Labute approximate surface area is 151 Å². The summed E-state index contributed by atoms with van der Waals surface area (Å²) in [6, 6.07) is 1.71.